The Bertz CT molecular complexity index is 766. The second-order valence-electron chi connectivity index (χ2n) is 4.99. The maximum absolute atomic E-state index is 6.31. The lowest BCUT2D eigenvalue weighted by Crippen LogP contribution is -2.20. The molecule has 0 fully saturated rings. The van der Waals surface area contributed by atoms with Crippen LogP contribution in [0.2, 0.25) is 0 Å². The van der Waals surface area contributed by atoms with Crippen LogP contribution >= 0.6 is 0 Å². The molecule has 0 amide bonds. The summed E-state index contributed by atoms with van der Waals surface area (Å²) in [6, 6.07) is 8.26. The molecular formula is C16H18N6. The second kappa shape index (κ2) is 5.85. The molecule has 6 heteroatoms. The fourth-order valence-corrected chi connectivity index (χ4v) is 2.43. The van der Waals surface area contributed by atoms with Gasteiger partial charge in [0.05, 0.1) is 0 Å². The second-order valence-corrected chi connectivity index (χ2v) is 4.99. The van der Waals surface area contributed by atoms with Crippen LogP contribution in [0, 0.1) is 6.92 Å². The third-order valence-electron chi connectivity index (χ3n) is 3.48. The van der Waals surface area contributed by atoms with Gasteiger partial charge in [-0.2, -0.15) is 0 Å². The first-order valence-corrected chi connectivity index (χ1v) is 7.13. The highest BCUT2D eigenvalue weighted by atomic mass is 15.2. The van der Waals surface area contributed by atoms with E-state index in [0.29, 0.717) is 17.3 Å². The highest BCUT2D eigenvalue weighted by Crippen LogP contribution is 2.31. The molecule has 0 saturated heterocycles. The topological polar surface area (TPSA) is 72.9 Å². The lowest BCUT2D eigenvalue weighted by atomic mass is 10.2. The number of aromatic nitrogens is 4. The predicted molar refractivity (Wildman–Crippen MR) is 87.4 cm³/mol. The standard InChI is InChI=1S/C16H18N6/c1-3-22(13-6-4-5-12(2)9-13)16-14(17)15(19-10-20-16)21-8-7-18-11-21/h4-11H,3,17H2,1-2H3. The summed E-state index contributed by atoms with van der Waals surface area (Å²) in [6.07, 6.45) is 6.70. The van der Waals surface area contributed by atoms with Gasteiger partial charge in [-0.3, -0.25) is 4.57 Å². The zero-order valence-electron chi connectivity index (χ0n) is 12.6. The van der Waals surface area contributed by atoms with Gasteiger partial charge in [-0.1, -0.05) is 12.1 Å². The number of hydrogen-bond donors (Lipinski definition) is 1. The fraction of sp³-hybridized carbons (Fsp3) is 0.188. The molecule has 0 atom stereocenters. The quantitative estimate of drug-likeness (QED) is 0.801. The molecule has 112 valence electrons. The van der Waals surface area contributed by atoms with Crippen molar-refractivity contribution in [3.63, 3.8) is 0 Å². The number of nitrogens with two attached hydrogens (primary N) is 1. The Morgan fingerprint density at radius 1 is 1.27 bits per heavy atom. The van der Waals surface area contributed by atoms with Crippen molar-refractivity contribution in [2.45, 2.75) is 13.8 Å². The van der Waals surface area contributed by atoms with E-state index in [9.17, 15) is 0 Å². The van der Waals surface area contributed by atoms with Crippen LogP contribution in [0.1, 0.15) is 12.5 Å². The molecule has 0 aliphatic rings. The number of imidazole rings is 1. The summed E-state index contributed by atoms with van der Waals surface area (Å²) in [7, 11) is 0. The summed E-state index contributed by atoms with van der Waals surface area (Å²) in [6.45, 7) is 4.90. The largest absolute Gasteiger partial charge is 0.393 e. The molecule has 0 unspecified atom stereocenters. The van der Waals surface area contributed by atoms with Crippen molar-refractivity contribution in [2.24, 2.45) is 0 Å². The van der Waals surface area contributed by atoms with E-state index in [1.165, 1.54) is 11.9 Å². The lowest BCUT2D eigenvalue weighted by Gasteiger charge is -2.24. The van der Waals surface area contributed by atoms with Gasteiger partial charge >= 0.3 is 0 Å². The zero-order chi connectivity index (χ0) is 15.5. The molecule has 2 aromatic heterocycles. The molecule has 0 spiro atoms. The summed E-state index contributed by atoms with van der Waals surface area (Å²) in [5, 5.41) is 0. The van der Waals surface area contributed by atoms with Crippen LogP contribution in [0.5, 0.6) is 0 Å². The maximum atomic E-state index is 6.31. The van der Waals surface area contributed by atoms with Crippen molar-refractivity contribution < 1.29 is 0 Å². The van der Waals surface area contributed by atoms with Gasteiger partial charge in [-0.05, 0) is 31.5 Å². The fourth-order valence-electron chi connectivity index (χ4n) is 2.43. The number of nitrogen functional groups attached to an aromatic ring is 1. The first-order valence-electron chi connectivity index (χ1n) is 7.13. The monoisotopic (exact) mass is 294 g/mol. The Hall–Kier alpha value is -2.89. The van der Waals surface area contributed by atoms with E-state index >= 15 is 0 Å². The van der Waals surface area contributed by atoms with E-state index in [4.69, 9.17) is 5.73 Å². The molecule has 0 saturated carbocycles. The first kappa shape index (κ1) is 14.1. The van der Waals surface area contributed by atoms with Gasteiger partial charge in [0.1, 0.15) is 18.3 Å². The molecule has 0 aliphatic carbocycles. The van der Waals surface area contributed by atoms with E-state index in [1.807, 2.05) is 12.3 Å². The third kappa shape index (κ3) is 2.50. The van der Waals surface area contributed by atoms with Crippen LogP contribution in [-0.2, 0) is 0 Å². The van der Waals surface area contributed by atoms with E-state index in [1.54, 1.807) is 17.1 Å². The highest BCUT2D eigenvalue weighted by molar-refractivity contribution is 5.76. The van der Waals surface area contributed by atoms with Crippen LogP contribution in [0.15, 0.2) is 49.3 Å². The minimum Gasteiger partial charge on any atom is -0.393 e. The highest BCUT2D eigenvalue weighted by Gasteiger charge is 2.16. The van der Waals surface area contributed by atoms with Crippen molar-refractivity contribution in [3.05, 3.63) is 54.9 Å². The van der Waals surface area contributed by atoms with Gasteiger partial charge in [-0.15, -0.1) is 0 Å². The van der Waals surface area contributed by atoms with Gasteiger partial charge in [-0.25, -0.2) is 15.0 Å². The number of hydrogen-bond acceptors (Lipinski definition) is 5. The van der Waals surface area contributed by atoms with E-state index in [2.05, 4.69) is 51.9 Å². The van der Waals surface area contributed by atoms with Crippen LogP contribution in [0.3, 0.4) is 0 Å². The molecule has 3 rings (SSSR count). The van der Waals surface area contributed by atoms with E-state index in [0.717, 1.165) is 12.2 Å². The molecular weight excluding hydrogens is 276 g/mol. The molecule has 6 nitrogen and oxygen atoms in total. The van der Waals surface area contributed by atoms with Gasteiger partial charge in [0.2, 0.25) is 0 Å². The Kier molecular flexibility index (Phi) is 3.74. The maximum Gasteiger partial charge on any atom is 0.166 e. The minimum absolute atomic E-state index is 0.531. The number of rotatable bonds is 4. The number of anilines is 3. The minimum atomic E-state index is 0.531. The predicted octanol–water partition coefficient (Wildman–Crippen LogP) is 2.71. The Labute approximate surface area is 129 Å². The van der Waals surface area contributed by atoms with Crippen LogP contribution in [-0.4, -0.2) is 26.1 Å². The third-order valence-corrected chi connectivity index (χ3v) is 3.48. The molecule has 0 radical (unpaired) electrons. The summed E-state index contributed by atoms with van der Waals surface area (Å²) < 4.78 is 1.78. The van der Waals surface area contributed by atoms with Crippen molar-refractivity contribution in [2.75, 3.05) is 17.2 Å². The van der Waals surface area contributed by atoms with E-state index in [-0.39, 0.29) is 0 Å². The van der Waals surface area contributed by atoms with Crippen molar-refractivity contribution in [3.8, 4) is 5.82 Å². The molecule has 2 heterocycles. The number of benzene rings is 1. The normalized spacial score (nSPS) is 10.6. The number of nitrogens with zero attached hydrogens (tertiary/aromatic N) is 5. The first-order chi connectivity index (χ1) is 10.7. The molecule has 2 N–H and O–H groups in total. The van der Waals surface area contributed by atoms with E-state index < -0.39 is 0 Å². The van der Waals surface area contributed by atoms with Gasteiger partial charge in [0.15, 0.2) is 11.6 Å². The Morgan fingerprint density at radius 2 is 2.14 bits per heavy atom. The number of aryl methyl sites for hydroxylation is 1. The molecule has 3 aromatic rings. The van der Waals surface area contributed by atoms with Gasteiger partial charge in [0, 0.05) is 24.6 Å². The Morgan fingerprint density at radius 3 is 2.82 bits per heavy atom. The summed E-state index contributed by atoms with van der Waals surface area (Å²) in [5.74, 6) is 1.33. The molecule has 0 aliphatic heterocycles. The molecule has 22 heavy (non-hydrogen) atoms. The summed E-state index contributed by atoms with van der Waals surface area (Å²) in [4.78, 5) is 14.8. The van der Waals surface area contributed by atoms with Crippen molar-refractivity contribution >= 4 is 17.2 Å². The van der Waals surface area contributed by atoms with Crippen LogP contribution in [0.25, 0.3) is 5.82 Å². The average Bonchev–Trinajstić information content (AvgIpc) is 3.04. The SMILES string of the molecule is CCN(c1cccc(C)c1)c1ncnc(-n2ccnc2)c1N. The molecule has 0 bridgehead atoms. The summed E-state index contributed by atoms with van der Waals surface area (Å²) >= 11 is 0. The zero-order valence-corrected chi connectivity index (χ0v) is 12.6. The van der Waals surface area contributed by atoms with Crippen LogP contribution < -0.4 is 10.6 Å². The lowest BCUT2D eigenvalue weighted by molar-refractivity contribution is 0.939. The van der Waals surface area contributed by atoms with Gasteiger partial charge < -0.3 is 10.6 Å². The average molecular weight is 294 g/mol. The van der Waals surface area contributed by atoms with Crippen LogP contribution in [0.4, 0.5) is 17.2 Å². The smallest absolute Gasteiger partial charge is 0.166 e. The van der Waals surface area contributed by atoms with Crippen molar-refractivity contribution in [1.82, 2.24) is 19.5 Å². The summed E-state index contributed by atoms with van der Waals surface area (Å²) in [5.41, 5.74) is 9.10. The van der Waals surface area contributed by atoms with Crippen molar-refractivity contribution in [1.29, 1.82) is 0 Å². The Balaban J connectivity index is 2.08. The molecule has 1 aromatic carbocycles. The van der Waals surface area contributed by atoms with Gasteiger partial charge in [0.25, 0.3) is 0 Å².